The van der Waals surface area contributed by atoms with Gasteiger partial charge in [-0.1, -0.05) is 24.0 Å². The molecule has 0 aromatic heterocycles. The Morgan fingerprint density at radius 3 is 3.00 bits per heavy atom. The Morgan fingerprint density at radius 1 is 1.47 bits per heavy atom. The molecule has 19 heavy (non-hydrogen) atoms. The summed E-state index contributed by atoms with van der Waals surface area (Å²) >= 11 is 6.17. The van der Waals surface area contributed by atoms with Crippen LogP contribution in [0.5, 0.6) is 17.2 Å². The molecule has 2 heterocycles. The van der Waals surface area contributed by atoms with Crippen LogP contribution in [0, 0.1) is 0 Å². The largest absolute Gasteiger partial charge is 0.493 e. The molecule has 0 radical (unpaired) electrons. The number of ether oxygens (including phenoxy) is 3. The summed E-state index contributed by atoms with van der Waals surface area (Å²) in [5, 5.41) is 2.57. The molecular weight excluding hydrogens is 286 g/mol. The van der Waals surface area contributed by atoms with Crippen molar-refractivity contribution in [2.75, 3.05) is 13.9 Å². The Bertz CT molecular complexity index is 612. The van der Waals surface area contributed by atoms with E-state index in [9.17, 15) is 4.79 Å². The van der Waals surface area contributed by atoms with Gasteiger partial charge in [-0.15, -0.1) is 0 Å². The van der Waals surface area contributed by atoms with Gasteiger partial charge in [0.1, 0.15) is 4.32 Å². The molecule has 1 N–H and O–H groups in total. The Balaban J connectivity index is 2.00. The number of hydrogen-bond acceptors (Lipinski definition) is 6. The van der Waals surface area contributed by atoms with Crippen LogP contribution < -0.4 is 19.5 Å². The molecule has 0 bridgehead atoms. The Hall–Kier alpha value is -1.73. The van der Waals surface area contributed by atoms with Gasteiger partial charge in [-0.3, -0.25) is 4.79 Å². The van der Waals surface area contributed by atoms with E-state index in [2.05, 4.69) is 5.32 Å². The van der Waals surface area contributed by atoms with Gasteiger partial charge < -0.3 is 19.5 Å². The first-order valence-electron chi connectivity index (χ1n) is 5.40. The van der Waals surface area contributed by atoms with Crippen LogP contribution in [0.25, 0.3) is 6.08 Å². The normalized spacial score (nSPS) is 18.9. The van der Waals surface area contributed by atoms with Crippen molar-refractivity contribution in [3.63, 3.8) is 0 Å². The van der Waals surface area contributed by atoms with E-state index in [-0.39, 0.29) is 12.7 Å². The third kappa shape index (κ3) is 2.26. The molecule has 0 aliphatic carbocycles. The summed E-state index contributed by atoms with van der Waals surface area (Å²) in [4.78, 5) is 12.1. The molecule has 7 heteroatoms. The van der Waals surface area contributed by atoms with Crippen LogP contribution in [0.3, 0.4) is 0 Å². The number of benzene rings is 1. The Morgan fingerprint density at radius 2 is 2.32 bits per heavy atom. The first kappa shape index (κ1) is 12.3. The highest BCUT2D eigenvalue weighted by Crippen LogP contribution is 2.42. The van der Waals surface area contributed by atoms with Crippen LogP contribution >= 0.6 is 24.0 Å². The molecular formula is C12H9NO4S2. The SMILES string of the molecule is COc1cc(C=C2SC(=S)NC2=O)cc2c1OCO2. The van der Waals surface area contributed by atoms with Crippen LogP contribution in [0.1, 0.15) is 5.56 Å². The van der Waals surface area contributed by atoms with Crippen molar-refractivity contribution in [3.05, 3.63) is 22.6 Å². The molecule has 5 nitrogen and oxygen atoms in total. The van der Waals surface area contributed by atoms with Crippen molar-refractivity contribution in [1.29, 1.82) is 0 Å². The Kier molecular flexibility index (Phi) is 3.08. The zero-order chi connectivity index (χ0) is 13.4. The second-order valence-corrected chi connectivity index (χ2v) is 5.53. The fourth-order valence-corrected chi connectivity index (χ4v) is 2.85. The highest BCUT2D eigenvalue weighted by Gasteiger charge is 2.24. The molecule has 0 spiro atoms. The number of thiocarbonyl (C=S) groups is 1. The quantitative estimate of drug-likeness (QED) is 0.664. The number of fused-ring (bicyclic) bond motifs is 1. The fraction of sp³-hybridized carbons (Fsp3) is 0.167. The summed E-state index contributed by atoms with van der Waals surface area (Å²) in [6, 6.07) is 3.59. The van der Waals surface area contributed by atoms with Crippen molar-refractivity contribution in [2.24, 2.45) is 0 Å². The topological polar surface area (TPSA) is 56.8 Å². The first-order valence-corrected chi connectivity index (χ1v) is 6.62. The summed E-state index contributed by atoms with van der Waals surface area (Å²) in [6.07, 6.45) is 1.74. The van der Waals surface area contributed by atoms with E-state index in [1.54, 1.807) is 25.3 Å². The minimum Gasteiger partial charge on any atom is -0.493 e. The molecule has 1 fully saturated rings. The maximum absolute atomic E-state index is 11.6. The van der Waals surface area contributed by atoms with Gasteiger partial charge in [0.25, 0.3) is 5.91 Å². The monoisotopic (exact) mass is 295 g/mol. The van der Waals surface area contributed by atoms with E-state index < -0.39 is 0 Å². The molecule has 98 valence electrons. The number of nitrogens with one attached hydrogen (secondary N) is 1. The molecule has 1 amide bonds. The highest BCUT2D eigenvalue weighted by molar-refractivity contribution is 8.26. The molecule has 0 unspecified atom stereocenters. The number of amides is 1. The summed E-state index contributed by atoms with van der Waals surface area (Å²) < 4.78 is 16.3. The average molecular weight is 295 g/mol. The van der Waals surface area contributed by atoms with Crippen molar-refractivity contribution in [1.82, 2.24) is 5.32 Å². The predicted molar refractivity (Wildman–Crippen MR) is 75.4 cm³/mol. The second kappa shape index (κ2) is 4.75. The minimum absolute atomic E-state index is 0.172. The van der Waals surface area contributed by atoms with E-state index >= 15 is 0 Å². The lowest BCUT2D eigenvalue weighted by Crippen LogP contribution is -2.17. The van der Waals surface area contributed by atoms with Crippen molar-refractivity contribution in [2.45, 2.75) is 0 Å². The van der Waals surface area contributed by atoms with E-state index in [4.69, 9.17) is 26.4 Å². The zero-order valence-corrected chi connectivity index (χ0v) is 11.5. The molecule has 3 rings (SSSR count). The predicted octanol–water partition coefficient (Wildman–Crippen LogP) is 1.91. The van der Waals surface area contributed by atoms with Crippen molar-refractivity contribution < 1.29 is 19.0 Å². The smallest absolute Gasteiger partial charge is 0.263 e. The molecule has 1 aromatic carbocycles. The van der Waals surface area contributed by atoms with Crippen LogP contribution in [0.2, 0.25) is 0 Å². The summed E-state index contributed by atoms with van der Waals surface area (Å²) in [7, 11) is 1.56. The maximum atomic E-state index is 11.6. The highest BCUT2D eigenvalue weighted by atomic mass is 32.2. The fourth-order valence-electron chi connectivity index (χ4n) is 1.81. The number of thioether (sulfide) groups is 1. The third-order valence-electron chi connectivity index (χ3n) is 2.62. The number of carbonyl (C=O) groups excluding carboxylic acids is 1. The van der Waals surface area contributed by atoms with Crippen LogP contribution in [-0.2, 0) is 4.79 Å². The van der Waals surface area contributed by atoms with Gasteiger partial charge in [0, 0.05) is 0 Å². The standard InChI is InChI=1S/C12H9NO4S2/c1-15-7-2-6(3-8-10(7)17-5-16-8)4-9-11(14)13-12(18)19-9/h2-4H,5H2,1H3,(H,13,14,18). The molecule has 0 atom stereocenters. The maximum Gasteiger partial charge on any atom is 0.263 e. The van der Waals surface area contributed by atoms with Gasteiger partial charge >= 0.3 is 0 Å². The van der Waals surface area contributed by atoms with Gasteiger partial charge in [-0.2, -0.15) is 0 Å². The van der Waals surface area contributed by atoms with E-state index in [1.165, 1.54) is 11.8 Å². The Labute approximate surface area is 118 Å². The van der Waals surface area contributed by atoms with Crippen molar-refractivity contribution in [3.8, 4) is 17.2 Å². The van der Waals surface area contributed by atoms with E-state index in [0.717, 1.165) is 5.56 Å². The van der Waals surface area contributed by atoms with Crippen molar-refractivity contribution >= 4 is 40.3 Å². The van der Waals surface area contributed by atoms with E-state index in [0.29, 0.717) is 26.5 Å². The van der Waals surface area contributed by atoms with Crippen LogP contribution in [-0.4, -0.2) is 24.1 Å². The van der Waals surface area contributed by atoms with E-state index in [1.807, 2.05) is 0 Å². The molecule has 2 aliphatic rings. The second-order valence-electron chi connectivity index (χ2n) is 3.81. The van der Waals surface area contributed by atoms with Gasteiger partial charge in [-0.25, -0.2) is 0 Å². The van der Waals surface area contributed by atoms with Gasteiger partial charge in [0.2, 0.25) is 12.5 Å². The number of rotatable bonds is 2. The van der Waals surface area contributed by atoms with Gasteiger partial charge in [0.15, 0.2) is 11.5 Å². The minimum atomic E-state index is -0.188. The molecule has 1 saturated heterocycles. The third-order valence-corrected chi connectivity index (χ3v) is 3.78. The number of carbonyl (C=O) groups is 1. The number of hydrogen-bond donors (Lipinski definition) is 1. The zero-order valence-electron chi connectivity index (χ0n) is 9.89. The summed E-state index contributed by atoms with van der Waals surface area (Å²) in [6.45, 7) is 0.172. The van der Waals surface area contributed by atoms with Gasteiger partial charge in [0.05, 0.1) is 12.0 Å². The average Bonchev–Trinajstić information content (AvgIpc) is 2.95. The summed E-state index contributed by atoms with van der Waals surface area (Å²) in [5.41, 5.74) is 0.795. The first-order chi connectivity index (χ1) is 9.17. The van der Waals surface area contributed by atoms with Crippen LogP contribution in [0.4, 0.5) is 0 Å². The molecule has 0 saturated carbocycles. The summed E-state index contributed by atoms with van der Waals surface area (Å²) in [5.74, 6) is 1.58. The lowest BCUT2D eigenvalue weighted by atomic mass is 10.1. The lowest BCUT2D eigenvalue weighted by Gasteiger charge is -2.06. The number of methoxy groups -OCH3 is 1. The van der Waals surface area contributed by atoms with Gasteiger partial charge in [-0.05, 0) is 23.8 Å². The molecule has 2 aliphatic heterocycles. The van der Waals surface area contributed by atoms with Crippen LogP contribution in [0.15, 0.2) is 17.0 Å². The molecule has 1 aromatic rings. The lowest BCUT2D eigenvalue weighted by molar-refractivity contribution is -0.115.